The summed E-state index contributed by atoms with van der Waals surface area (Å²) in [5.74, 6) is 0.288. The largest absolute Gasteiger partial charge is 0.472 e. The van der Waals surface area contributed by atoms with Gasteiger partial charge in [-0.05, 0) is 69.1 Å². The first-order valence-electron chi connectivity index (χ1n) is 10.4. The van der Waals surface area contributed by atoms with Gasteiger partial charge in [0.2, 0.25) is 5.91 Å². The zero-order valence-corrected chi connectivity index (χ0v) is 16.4. The van der Waals surface area contributed by atoms with Gasteiger partial charge in [0, 0.05) is 43.6 Å². The van der Waals surface area contributed by atoms with E-state index in [1.807, 2.05) is 18.5 Å². The zero-order chi connectivity index (χ0) is 19.2. The molecule has 1 N–H and O–H groups in total. The van der Waals surface area contributed by atoms with Crippen molar-refractivity contribution in [3.05, 3.63) is 54.2 Å². The Balaban J connectivity index is 1.23. The third-order valence-electron chi connectivity index (χ3n) is 6.10. The van der Waals surface area contributed by atoms with Gasteiger partial charge in [0.25, 0.3) is 0 Å². The second kappa shape index (κ2) is 9.34. The van der Waals surface area contributed by atoms with Crippen LogP contribution in [0.1, 0.15) is 36.8 Å². The molecule has 4 heterocycles. The molecule has 6 heteroatoms. The van der Waals surface area contributed by atoms with E-state index in [9.17, 15) is 4.79 Å². The van der Waals surface area contributed by atoms with E-state index < -0.39 is 0 Å². The van der Waals surface area contributed by atoms with Crippen molar-refractivity contribution in [2.45, 2.75) is 44.8 Å². The molecule has 2 aliphatic rings. The lowest BCUT2D eigenvalue weighted by molar-refractivity contribution is -0.127. The van der Waals surface area contributed by atoms with Crippen LogP contribution in [0.5, 0.6) is 0 Å². The quantitative estimate of drug-likeness (QED) is 0.832. The molecule has 1 amide bonds. The normalized spacial score (nSPS) is 22.2. The number of pyridine rings is 1. The Bertz CT molecular complexity index is 726. The van der Waals surface area contributed by atoms with Gasteiger partial charge in [0.05, 0.1) is 18.4 Å². The lowest BCUT2D eigenvalue weighted by atomic mass is 9.93. The van der Waals surface area contributed by atoms with Gasteiger partial charge >= 0.3 is 0 Å². The van der Waals surface area contributed by atoms with Gasteiger partial charge < -0.3 is 9.73 Å². The van der Waals surface area contributed by atoms with Crippen LogP contribution in [0, 0.1) is 5.92 Å². The number of hydrogen-bond acceptors (Lipinski definition) is 5. The van der Waals surface area contributed by atoms with Crippen molar-refractivity contribution < 1.29 is 9.21 Å². The number of nitrogens with one attached hydrogen (secondary N) is 1. The second-order valence-corrected chi connectivity index (χ2v) is 8.05. The van der Waals surface area contributed by atoms with Crippen LogP contribution in [0.4, 0.5) is 0 Å². The number of furan rings is 1. The van der Waals surface area contributed by atoms with Gasteiger partial charge in [0.15, 0.2) is 0 Å². The van der Waals surface area contributed by atoms with E-state index in [1.165, 1.54) is 18.4 Å². The maximum Gasteiger partial charge on any atom is 0.224 e. The van der Waals surface area contributed by atoms with E-state index in [-0.39, 0.29) is 11.8 Å². The van der Waals surface area contributed by atoms with E-state index in [0.717, 1.165) is 51.1 Å². The van der Waals surface area contributed by atoms with Gasteiger partial charge in [-0.3, -0.25) is 19.6 Å². The van der Waals surface area contributed by atoms with Gasteiger partial charge in [-0.2, -0.15) is 0 Å². The van der Waals surface area contributed by atoms with Crippen LogP contribution in [-0.2, 0) is 17.9 Å². The third-order valence-corrected chi connectivity index (χ3v) is 6.10. The Morgan fingerprint density at radius 2 is 1.93 bits per heavy atom. The fraction of sp³-hybridized carbons (Fsp3) is 0.545. The first-order valence-corrected chi connectivity index (χ1v) is 10.4. The lowest BCUT2D eigenvalue weighted by Gasteiger charge is -2.42. The number of carbonyl (C=O) groups is 1. The van der Waals surface area contributed by atoms with Crippen molar-refractivity contribution in [1.82, 2.24) is 20.1 Å². The molecule has 2 aromatic heterocycles. The summed E-state index contributed by atoms with van der Waals surface area (Å²) in [4.78, 5) is 21.8. The molecule has 150 valence electrons. The predicted octanol–water partition coefficient (Wildman–Crippen LogP) is 2.67. The highest BCUT2D eigenvalue weighted by Crippen LogP contribution is 2.24. The van der Waals surface area contributed by atoms with E-state index in [1.54, 1.807) is 12.5 Å². The molecule has 2 aromatic rings. The van der Waals surface area contributed by atoms with Gasteiger partial charge in [-0.1, -0.05) is 0 Å². The summed E-state index contributed by atoms with van der Waals surface area (Å²) >= 11 is 0. The smallest absolute Gasteiger partial charge is 0.224 e. The van der Waals surface area contributed by atoms with Crippen LogP contribution in [-0.4, -0.2) is 52.9 Å². The minimum atomic E-state index is 0.107. The van der Waals surface area contributed by atoms with Crippen molar-refractivity contribution in [2.24, 2.45) is 5.92 Å². The van der Waals surface area contributed by atoms with E-state index in [0.29, 0.717) is 12.6 Å². The molecule has 6 nitrogen and oxygen atoms in total. The fourth-order valence-electron chi connectivity index (χ4n) is 4.47. The zero-order valence-electron chi connectivity index (χ0n) is 16.4. The van der Waals surface area contributed by atoms with E-state index >= 15 is 0 Å². The fourth-order valence-corrected chi connectivity index (χ4v) is 4.47. The van der Waals surface area contributed by atoms with Crippen LogP contribution in [0.3, 0.4) is 0 Å². The maximum atomic E-state index is 12.6. The molecule has 2 fully saturated rings. The molecule has 0 unspecified atom stereocenters. The van der Waals surface area contributed by atoms with E-state index in [4.69, 9.17) is 4.42 Å². The average Bonchev–Trinajstić information content (AvgIpc) is 3.27. The Labute approximate surface area is 166 Å². The second-order valence-electron chi connectivity index (χ2n) is 8.05. The number of carbonyl (C=O) groups excluding carboxylic acids is 1. The molecule has 0 radical (unpaired) electrons. The molecule has 1 atom stereocenters. The van der Waals surface area contributed by atoms with Crippen LogP contribution in [0.25, 0.3) is 0 Å². The first kappa shape index (κ1) is 19.2. The maximum absolute atomic E-state index is 12.6. The Morgan fingerprint density at radius 1 is 1.11 bits per heavy atom. The summed E-state index contributed by atoms with van der Waals surface area (Å²) in [7, 11) is 0. The highest BCUT2D eigenvalue weighted by molar-refractivity contribution is 5.78. The summed E-state index contributed by atoms with van der Waals surface area (Å²) in [5.41, 5.74) is 2.35. The minimum Gasteiger partial charge on any atom is -0.472 e. The van der Waals surface area contributed by atoms with Gasteiger partial charge in [-0.15, -0.1) is 0 Å². The first-order chi connectivity index (χ1) is 13.8. The number of nitrogens with zero attached hydrogens (tertiary/aromatic N) is 3. The minimum absolute atomic E-state index is 0.107. The molecule has 2 saturated heterocycles. The molecule has 0 aliphatic carbocycles. The van der Waals surface area contributed by atoms with Crippen LogP contribution >= 0.6 is 0 Å². The van der Waals surface area contributed by atoms with Gasteiger partial charge in [-0.25, -0.2) is 0 Å². The highest BCUT2D eigenvalue weighted by atomic mass is 16.3. The number of piperidine rings is 2. The van der Waals surface area contributed by atoms with Crippen molar-refractivity contribution >= 4 is 5.91 Å². The average molecular weight is 383 g/mol. The topological polar surface area (TPSA) is 61.6 Å². The molecule has 0 bridgehead atoms. The number of hydrogen-bond donors (Lipinski definition) is 1. The Morgan fingerprint density at radius 3 is 2.68 bits per heavy atom. The predicted molar refractivity (Wildman–Crippen MR) is 107 cm³/mol. The molecule has 0 saturated carbocycles. The number of likely N-dealkylation sites (tertiary alicyclic amines) is 2. The summed E-state index contributed by atoms with van der Waals surface area (Å²) in [6.45, 7) is 5.84. The van der Waals surface area contributed by atoms with Gasteiger partial charge in [0.1, 0.15) is 0 Å². The summed E-state index contributed by atoms with van der Waals surface area (Å²) in [6, 6.07) is 6.71. The molecule has 28 heavy (non-hydrogen) atoms. The summed E-state index contributed by atoms with van der Waals surface area (Å²) < 4.78 is 5.07. The van der Waals surface area contributed by atoms with Crippen LogP contribution in [0.2, 0.25) is 0 Å². The van der Waals surface area contributed by atoms with Crippen LogP contribution in [0.15, 0.2) is 47.5 Å². The SMILES string of the molecule is O=C(NCc1ccoc1)[C@H]1CCCN(C2CCN(Cc3ccncc3)CC2)C1. The molecular formula is C22H30N4O2. The molecule has 2 aliphatic heterocycles. The Hall–Kier alpha value is -2.18. The molecule has 0 spiro atoms. The standard InChI is InChI=1S/C22H30N4O2/c27-22(24-14-19-7-13-28-17-19)20-2-1-10-26(16-20)21-5-11-25(12-6-21)15-18-3-8-23-9-4-18/h3-4,7-9,13,17,20-21H,1-2,5-6,10-12,14-16H2,(H,24,27)/t20-/m0/s1. The third kappa shape index (κ3) is 5.00. The molecule has 4 rings (SSSR count). The Kier molecular flexibility index (Phi) is 6.39. The highest BCUT2D eigenvalue weighted by Gasteiger charge is 2.31. The lowest BCUT2D eigenvalue weighted by Crippen LogP contribution is -2.50. The number of rotatable bonds is 6. The monoisotopic (exact) mass is 382 g/mol. The summed E-state index contributed by atoms with van der Waals surface area (Å²) in [6.07, 6.45) is 11.6. The molecular weight excluding hydrogens is 352 g/mol. The summed E-state index contributed by atoms with van der Waals surface area (Å²) in [5, 5.41) is 3.07. The van der Waals surface area contributed by atoms with Crippen molar-refractivity contribution in [3.8, 4) is 0 Å². The molecule has 0 aromatic carbocycles. The van der Waals surface area contributed by atoms with Crippen molar-refractivity contribution in [1.29, 1.82) is 0 Å². The number of amides is 1. The van der Waals surface area contributed by atoms with Crippen molar-refractivity contribution in [2.75, 3.05) is 26.2 Å². The van der Waals surface area contributed by atoms with Crippen molar-refractivity contribution in [3.63, 3.8) is 0 Å². The van der Waals surface area contributed by atoms with Crippen LogP contribution < -0.4 is 5.32 Å². The van der Waals surface area contributed by atoms with E-state index in [2.05, 4.69) is 32.2 Å². The number of aromatic nitrogens is 1.